The van der Waals surface area contributed by atoms with Crippen LogP contribution in [0, 0.1) is 0 Å². The van der Waals surface area contributed by atoms with Crippen molar-refractivity contribution in [2.45, 2.75) is 47.1 Å². The summed E-state index contributed by atoms with van der Waals surface area (Å²) in [5.41, 5.74) is 2.29. The lowest BCUT2D eigenvalue weighted by molar-refractivity contribution is 0.196. The Morgan fingerprint density at radius 3 is 2.21 bits per heavy atom. The van der Waals surface area contributed by atoms with Gasteiger partial charge in [-0.15, -0.1) is 0 Å². The van der Waals surface area contributed by atoms with Gasteiger partial charge in [0.15, 0.2) is 0 Å². The van der Waals surface area contributed by atoms with Gasteiger partial charge in [-0.25, -0.2) is 0 Å². The highest BCUT2D eigenvalue weighted by Gasteiger charge is 2.00. The van der Waals surface area contributed by atoms with Gasteiger partial charge in [-0.3, -0.25) is 0 Å². The minimum atomic E-state index is -0.293. The van der Waals surface area contributed by atoms with Crippen LogP contribution in [0.4, 0.5) is 0 Å². The number of aliphatic hydroxyl groups is 1. The predicted octanol–water partition coefficient (Wildman–Crippen LogP) is 3.86. The van der Waals surface area contributed by atoms with E-state index in [1.807, 2.05) is 45.9 Å². The van der Waals surface area contributed by atoms with Gasteiger partial charge in [-0.05, 0) is 38.3 Å². The zero-order valence-corrected chi connectivity index (χ0v) is 10.2. The molecule has 0 spiro atoms. The van der Waals surface area contributed by atoms with E-state index in [1.165, 1.54) is 5.57 Å². The first-order chi connectivity index (χ1) is 6.61. The van der Waals surface area contributed by atoms with Gasteiger partial charge in [0, 0.05) is 0 Å². The van der Waals surface area contributed by atoms with Crippen molar-refractivity contribution in [2.24, 2.45) is 0 Å². The molecule has 82 valence electrons. The summed E-state index contributed by atoms with van der Waals surface area (Å²) in [6, 6.07) is 0. The number of hydrogen-bond acceptors (Lipinski definition) is 1. The molecule has 1 atom stereocenters. The molecule has 0 aliphatic heterocycles. The van der Waals surface area contributed by atoms with Crippen LogP contribution in [0.5, 0.6) is 0 Å². The highest BCUT2D eigenvalue weighted by atomic mass is 16.3. The monoisotopic (exact) mass is 196 g/mol. The summed E-state index contributed by atoms with van der Waals surface area (Å²) >= 11 is 0. The van der Waals surface area contributed by atoms with E-state index in [1.54, 1.807) is 6.92 Å². The fourth-order valence-electron chi connectivity index (χ4n) is 1.08. The Morgan fingerprint density at radius 1 is 1.43 bits per heavy atom. The smallest absolute Gasteiger partial charge is 0.0552 e. The Kier molecular flexibility index (Phi) is 11.5. The highest BCUT2D eigenvalue weighted by molar-refractivity contribution is 5.30. The largest absolute Gasteiger partial charge is 0.393 e. The van der Waals surface area contributed by atoms with Crippen LogP contribution in [0.3, 0.4) is 0 Å². The average molecular weight is 196 g/mol. The standard InChI is InChI=1S/C11H18O.C2H6/c1-5-7-9(3)11(6-2)8-10(4)12;1-2/h5-7,10,12H,2,8H2,1,3-4H3;1-2H3/b7-5-,11-9+;/t10-;/m1./s1. The van der Waals surface area contributed by atoms with Crippen molar-refractivity contribution in [1.29, 1.82) is 0 Å². The van der Waals surface area contributed by atoms with Gasteiger partial charge >= 0.3 is 0 Å². The van der Waals surface area contributed by atoms with Crippen LogP contribution in [0.2, 0.25) is 0 Å². The van der Waals surface area contributed by atoms with E-state index in [0.29, 0.717) is 6.42 Å². The maximum atomic E-state index is 9.16. The fraction of sp³-hybridized carbons (Fsp3) is 0.538. The van der Waals surface area contributed by atoms with E-state index in [9.17, 15) is 0 Å². The summed E-state index contributed by atoms with van der Waals surface area (Å²) in [6.07, 6.45) is 6.21. The maximum absolute atomic E-state index is 9.16. The molecule has 0 saturated carbocycles. The first kappa shape index (κ1) is 15.6. The third-order valence-electron chi connectivity index (χ3n) is 1.68. The molecule has 0 aromatic rings. The minimum absolute atomic E-state index is 0.293. The van der Waals surface area contributed by atoms with Gasteiger partial charge in [0.2, 0.25) is 0 Å². The summed E-state index contributed by atoms with van der Waals surface area (Å²) in [5.74, 6) is 0. The second-order valence-electron chi connectivity index (χ2n) is 2.97. The quantitative estimate of drug-likeness (QED) is 0.677. The Hall–Kier alpha value is -0.820. The fourth-order valence-corrected chi connectivity index (χ4v) is 1.08. The molecule has 0 bridgehead atoms. The molecule has 0 heterocycles. The second kappa shape index (κ2) is 10.3. The number of aliphatic hydroxyl groups excluding tert-OH is 1. The summed E-state index contributed by atoms with van der Waals surface area (Å²) in [4.78, 5) is 0. The Morgan fingerprint density at radius 2 is 1.93 bits per heavy atom. The molecule has 0 saturated heterocycles. The van der Waals surface area contributed by atoms with E-state index in [0.717, 1.165) is 5.57 Å². The van der Waals surface area contributed by atoms with Gasteiger partial charge in [0.25, 0.3) is 0 Å². The number of rotatable bonds is 4. The van der Waals surface area contributed by atoms with Gasteiger partial charge in [0.1, 0.15) is 0 Å². The molecule has 14 heavy (non-hydrogen) atoms. The molecule has 0 aliphatic carbocycles. The van der Waals surface area contributed by atoms with Crippen LogP contribution in [0.15, 0.2) is 36.0 Å². The Balaban J connectivity index is 0. The first-order valence-electron chi connectivity index (χ1n) is 5.24. The van der Waals surface area contributed by atoms with E-state index in [4.69, 9.17) is 5.11 Å². The molecule has 1 N–H and O–H groups in total. The molecule has 0 aromatic heterocycles. The van der Waals surface area contributed by atoms with Crippen LogP contribution in [0.1, 0.15) is 41.0 Å². The molecular weight excluding hydrogens is 172 g/mol. The normalized spacial score (nSPS) is 14.1. The zero-order chi connectivity index (χ0) is 11.6. The number of allylic oxidation sites excluding steroid dienone is 4. The third-order valence-corrected chi connectivity index (χ3v) is 1.68. The topological polar surface area (TPSA) is 20.2 Å². The van der Waals surface area contributed by atoms with Crippen molar-refractivity contribution in [3.8, 4) is 0 Å². The molecule has 0 fully saturated rings. The SMILES string of the molecule is C=C/C(C[C@@H](C)O)=C(C)\C=C/C.CC. The van der Waals surface area contributed by atoms with E-state index < -0.39 is 0 Å². The van der Waals surface area contributed by atoms with E-state index in [2.05, 4.69) is 6.58 Å². The highest BCUT2D eigenvalue weighted by Crippen LogP contribution is 2.13. The second-order valence-corrected chi connectivity index (χ2v) is 2.97. The lowest BCUT2D eigenvalue weighted by Crippen LogP contribution is -2.01. The zero-order valence-electron chi connectivity index (χ0n) is 10.2. The minimum Gasteiger partial charge on any atom is -0.393 e. The van der Waals surface area contributed by atoms with Gasteiger partial charge in [0.05, 0.1) is 6.10 Å². The van der Waals surface area contributed by atoms with Crippen molar-refractivity contribution in [3.63, 3.8) is 0 Å². The van der Waals surface area contributed by atoms with Crippen molar-refractivity contribution in [1.82, 2.24) is 0 Å². The van der Waals surface area contributed by atoms with Crippen molar-refractivity contribution in [3.05, 3.63) is 36.0 Å². The van der Waals surface area contributed by atoms with Crippen molar-refractivity contribution < 1.29 is 5.11 Å². The molecular formula is C13H24O. The third kappa shape index (κ3) is 7.81. The van der Waals surface area contributed by atoms with Crippen molar-refractivity contribution in [2.75, 3.05) is 0 Å². The van der Waals surface area contributed by atoms with Crippen LogP contribution in [-0.4, -0.2) is 11.2 Å². The molecule has 1 heteroatoms. The Labute approximate surface area is 88.8 Å². The molecule has 0 rings (SSSR count). The summed E-state index contributed by atoms with van der Waals surface area (Å²) < 4.78 is 0. The van der Waals surface area contributed by atoms with Crippen LogP contribution in [0.25, 0.3) is 0 Å². The van der Waals surface area contributed by atoms with Crippen LogP contribution in [-0.2, 0) is 0 Å². The lowest BCUT2D eigenvalue weighted by atomic mass is 10.0. The maximum Gasteiger partial charge on any atom is 0.0552 e. The lowest BCUT2D eigenvalue weighted by Gasteiger charge is -2.07. The molecule has 0 radical (unpaired) electrons. The number of hydrogen-bond donors (Lipinski definition) is 1. The average Bonchev–Trinajstić information content (AvgIpc) is 2.17. The van der Waals surface area contributed by atoms with Gasteiger partial charge < -0.3 is 5.11 Å². The van der Waals surface area contributed by atoms with E-state index >= 15 is 0 Å². The molecule has 0 aliphatic rings. The first-order valence-corrected chi connectivity index (χ1v) is 5.24. The van der Waals surface area contributed by atoms with Crippen molar-refractivity contribution >= 4 is 0 Å². The van der Waals surface area contributed by atoms with E-state index in [-0.39, 0.29) is 6.10 Å². The molecule has 0 aromatic carbocycles. The van der Waals surface area contributed by atoms with Crippen LogP contribution < -0.4 is 0 Å². The molecule has 0 unspecified atom stereocenters. The predicted molar refractivity (Wildman–Crippen MR) is 65.4 cm³/mol. The summed E-state index contributed by atoms with van der Waals surface area (Å²) in [7, 11) is 0. The molecule has 0 amide bonds. The van der Waals surface area contributed by atoms with Crippen LogP contribution >= 0.6 is 0 Å². The van der Waals surface area contributed by atoms with Gasteiger partial charge in [-0.1, -0.05) is 38.7 Å². The molecule has 1 nitrogen and oxygen atoms in total. The Bertz CT molecular complexity index is 197. The summed E-state index contributed by atoms with van der Waals surface area (Å²) in [6.45, 7) is 13.5. The summed E-state index contributed by atoms with van der Waals surface area (Å²) in [5, 5.41) is 9.16. The van der Waals surface area contributed by atoms with Gasteiger partial charge in [-0.2, -0.15) is 0 Å².